The standard InChI is InChI=1S/C15H18ClNO/c1-9-3-2-4-12(9)15(17)14-8-10-7-11(16)5-6-13(10)18-14/h5-9,12,15H,2-4,17H2,1H3. The van der Waals surface area contributed by atoms with Crippen molar-refractivity contribution in [2.75, 3.05) is 0 Å². The number of fused-ring (bicyclic) bond motifs is 1. The average Bonchev–Trinajstić information content (AvgIpc) is 2.93. The Labute approximate surface area is 112 Å². The van der Waals surface area contributed by atoms with E-state index in [2.05, 4.69) is 6.92 Å². The molecule has 0 amide bonds. The molecule has 2 aromatic rings. The van der Waals surface area contributed by atoms with Crippen molar-refractivity contribution in [1.29, 1.82) is 0 Å². The first-order chi connectivity index (χ1) is 8.65. The fraction of sp³-hybridized carbons (Fsp3) is 0.467. The molecule has 2 nitrogen and oxygen atoms in total. The molecule has 0 aliphatic heterocycles. The highest BCUT2D eigenvalue weighted by molar-refractivity contribution is 6.31. The number of hydrogen-bond acceptors (Lipinski definition) is 2. The predicted molar refractivity (Wildman–Crippen MR) is 74.7 cm³/mol. The van der Waals surface area contributed by atoms with Gasteiger partial charge in [-0.1, -0.05) is 31.4 Å². The SMILES string of the molecule is CC1CCCC1C(N)c1cc2cc(Cl)ccc2o1. The van der Waals surface area contributed by atoms with Crippen molar-refractivity contribution in [1.82, 2.24) is 0 Å². The van der Waals surface area contributed by atoms with Crippen LogP contribution in [0.15, 0.2) is 28.7 Å². The van der Waals surface area contributed by atoms with Crippen LogP contribution in [-0.2, 0) is 0 Å². The molecule has 1 saturated carbocycles. The van der Waals surface area contributed by atoms with E-state index in [0.717, 1.165) is 21.8 Å². The smallest absolute Gasteiger partial charge is 0.134 e. The van der Waals surface area contributed by atoms with Gasteiger partial charge in [0.2, 0.25) is 0 Å². The molecule has 3 atom stereocenters. The van der Waals surface area contributed by atoms with Crippen LogP contribution in [-0.4, -0.2) is 0 Å². The molecule has 1 aliphatic carbocycles. The molecule has 1 fully saturated rings. The normalized spacial score (nSPS) is 25.7. The Kier molecular flexibility index (Phi) is 3.08. The van der Waals surface area contributed by atoms with Gasteiger partial charge < -0.3 is 10.2 Å². The van der Waals surface area contributed by atoms with E-state index < -0.39 is 0 Å². The molecule has 0 spiro atoms. The van der Waals surface area contributed by atoms with E-state index in [1.54, 1.807) is 0 Å². The van der Waals surface area contributed by atoms with Crippen molar-refractivity contribution in [2.45, 2.75) is 32.2 Å². The topological polar surface area (TPSA) is 39.2 Å². The van der Waals surface area contributed by atoms with Gasteiger partial charge in [0.1, 0.15) is 11.3 Å². The summed E-state index contributed by atoms with van der Waals surface area (Å²) >= 11 is 5.98. The molecule has 3 heteroatoms. The summed E-state index contributed by atoms with van der Waals surface area (Å²) in [5, 5.41) is 1.77. The average molecular weight is 264 g/mol. The van der Waals surface area contributed by atoms with Crippen molar-refractivity contribution in [2.24, 2.45) is 17.6 Å². The molecule has 1 aromatic carbocycles. The third kappa shape index (κ3) is 2.04. The zero-order valence-corrected chi connectivity index (χ0v) is 11.3. The van der Waals surface area contributed by atoms with Crippen molar-refractivity contribution < 1.29 is 4.42 Å². The Morgan fingerprint density at radius 2 is 2.17 bits per heavy atom. The summed E-state index contributed by atoms with van der Waals surface area (Å²) in [7, 11) is 0. The van der Waals surface area contributed by atoms with Crippen LogP contribution in [0.5, 0.6) is 0 Å². The van der Waals surface area contributed by atoms with E-state index in [4.69, 9.17) is 21.8 Å². The molecule has 1 heterocycles. The van der Waals surface area contributed by atoms with E-state index in [0.29, 0.717) is 11.8 Å². The highest BCUT2D eigenvalue weighted by Crippen LogP contribution is 2.40. The van der Waals surface area contributed by atoms with Crippen molar-refractivity contribution in [3.05, 3.63) is 35.0 Å². The molecular weight excluding hydrogens is 246 g/mol. The van der Waals surface area contributed by atoms with Gasteiger partial charge >= 0.3 is 0 Å². The lowest BCUT2D eigenvalue weighted by Crippen LogP contribution is -2.22. The maximum absolute atomic E-state index is 6.37. The second-order valence-electron chi connectivity index (χ2n) is 5.43. The fourth-order valence-electron chi connectivity index (χ4n) is 3.12. The van der Waals surface area contributed by atoms with Gasteiger partial charge in [-0.15, -0.1) is 0 Å². The molecule has 96 valence electrons. The van der Waals surface area contributed by atoms with Crippen LogP contribution in [0.25, 0.3) is 11.0 Å². The van der Waals surface area contributed by atoms with Crippen LogP contribution in [0.1, 0.15) is 38.0 Å². The Hall–Kier alpha value is -0.990. The zero-order chi connectivity index (χ0) is 12.7. The van der Waals surface area contributed by atoms with Gasteiger partial charge in [0.25, 0.3) is 0 Å². The maximum atomic E-state index is 6.37. The third-order valence-electron chi connectivity index (χ3n) is 4.22. The first-order valence-electron chi connectivity index (χ1n) is 6.60. The first kappa shape index (κ1) is 12.1. The van der Waals surface area contributed by atoms with Crippen molar-refractivity contribution in [3.8, 4) is 0 Å². The van der Waals surface area contributed by atoms with Gasteiger partial charge in [-0.3, -0.25) is 0 Å². The maximum Gasteiger partial charge on any atom is 0.134 e. The monoisotopic (exact) mass is 263 g/mol. The molecular formula is C15H18ClNO. The molecule has 3 rings (SSSR count). The predicted octanol–water partition coefficient (Wildman–Crippen LogP) is 4.52. The number of benzene rings is 1. The van der Waals surface area contributed by atoms with Gasteiger partial charge in [0.05, 0.1) is 6.04 Å². The fourth-order valence-corrected chi connectivity index (χ4v) is 3.30. The van der Waals surface area contributed by atoms with E-state index >= 15 is 0 Å². The second kappa shape index (κ2) is 4.60. The Bertz CT molecular complexity index is 563. The Morgan fingerprint density at radius 3 is 2.89 bits per heavy atom. The lowest BCUT2D eigenvalue weighted by Gasteiger charge is -2.21. The number of nitrogens with two attached hydrogens (primary N) is 1. The van der Waals surface area contributed by atoms with Crippen LogP contribution in [0.3, 0.4) is 0 Å². The van der Waals surface area contributed by atoms with E-state index in [-0.39, 0.29) is 6.04 Å². The summed E-state index contributed by atoms with van der Waals surface area (Å²) in [5.74, 6) is 2.13. The number of hydrogen-bond donors (Lipinski definition) is 1. The Morgan fingerprint density at radius 1 is 1.33 bits per heavy atom. The number of furan rings is 1. The zero-order valence-electron chi connectivity index (χ0n) is 10.5. The first-order valence-corrected chi connectivity index (χ1v) is 6.97. The van der Waals surface area contributed by atoms with Crippen LogP contribution >= 0.6 is 11.6 Å². The number of halogens is 1. The molecule has 0 bridgehead atoms. The lowest BCUT2D eigenvalue weighted by molar-refractivity contribution is 0.316. The molecule has 0 radical (unpaired) electrons. The lowest BCUT2D eigenvalue weighted by atomic mass is 9.89. The molecule has 1 aliphatic rings. The largest absolute Gasteiger partial charge is 0.459 e. The van der Waals surface area contributed by atoms with Crippen molar-refractivity contribution >= 4 is 22.6 Å². The Balaban J connectivity index is 1.93. The highest BCUT2D eigenvalue weighted by atomic mass is 35.5. The minimum atomic E-state index is 0.00803. The summed E-state index contributed by atoms with van der Waals surface area (Å²) in [6.07, 6.45) is 3.77. The highest BCUT2D eigenvalue weighted by Gasteiger charge is 2.31. The van der Waals surface area contributed by atoms with E-state index in [1.165, 1.54) is 19.3 Å². The summed E-state index contributed by atoms with van der Waals surface area (Å²) in [5.41, 5.74) is 7.24. The summed E-state index contributed by atoms with van der Waals surface area (Å²) in [4.78, 5) is 0. The van der Waals surface area contributed by atoms with Crippen LogP contribution in [0.2, 0.25) is 5.02 Å². The molecule has 1 aromatic heterocycles. The quantitative estimate of drug-likeness (QED) is 0.865. The van der Waals surface area contributed by atoms with Gasteiger partial charge in [-0.25, -0.2) is 0 Å². The third-order valence-corrected chi connectivity index (χ3v) is 4.45. The van der Waals surface area contributed by atoms with Crippen LogP contribution in [0.4, 0.5) is 0 Å². The molecule has 2 N–H and O–H groups in total. The molecule has 3 unspecified atom stereocenters. The van der Waals surface area contributed by atoms with Gasteiger partial charge in [0.15, 0.2) is 0 Å². The van der Waals surface area contributed by atoms with E-state index in [9.17, 15) is 0 Å². The van der Waals surface area contributed by atoms with Gasteiger partial charge in [-0.05, 0) is 42.5 Å². The minimum absolute atomic E-state index is 0.00803. The van der Waals surface area contributed by atoms with Crippen LogP contribution < -0.4 is 5.73 Å². The van der Waals surface area contributed by atoms with Crippen molar-refractivity contribution in [3.63, 3.8) is 0 Å². The molecule has 0 saturated heterocycles. The molecule has 18 heavy (non-hydrogen) atoms. The van der Waals surface area contributed by atoms with Gasteiger partial charge in [-0.2, -0.15) is 0 Å². The number of rotatable bonds is 2. The second-order valence-corrected chi connectivity index (χ2v) is 5.87. The van der Waals surface area contributed by atoms with E-state index in [1.807, 2.05) is 24.3 Å². The summed E-state index contributed by atoms with van der Waals surface area (Å²) in [6.45, 7) is 2.29. The summed E-state index contributed by atoms with van der Waals surface area (Å²) < 4.78 is 5.86. The van der Waals surface area contributed by atoms with Crippen LogP contribution in [0, 0.1) is 11.8 Å². The minimum Gasteiger partial charge on any atom is -0.459 e. The summed E-state index contributed by atoms with van der Waals surface area (Å²) in [6, 6.07) is 7.73. The van der Waals surface area contributed by atoms with Gasteiger partial charge in [0, 0.05) is 10.4 Å².